The van der Waals surface area contributed by atoms with Crippen LogP contribution in [0.25, 0.3) is 11.1 Å². The van der Waals surface area contributed by atoms with E-state index in [0.29, 0.717) is 6.42 Å². The summed E-state index contributed by atoms with van der Waals surface area (Å²) in [5.41, 5.74) is 4.23. The van der Waals surface area contributed by atoms with E-state index in [-0.39, 0.29) is 25.0 Å². The largest absolute Gasteiger partial charge is 0.479 e. The molecule has 2 unspecified atom stereocenters. The van der Waals surface area contributed by atoms with Crippen LogP contribution in [0.4, 0.5) is 4.79 Å². The van der Waals surface area contributed by atoms with Crippen LogP contribution in [0.3, 0.4) is 0 Å². The number of nitrogens with zero attached hydrogens (tertiary/aromatic N) is 1. The highest BCUT2D eigenvalue weighted by Gasteiger charge is 2.54. The molecular formula is C30H31NO4. The van der Waals surface area contributed by atoms with Crippen molar-refractivity contribution in [2.45, 2.75) is 50.0 Å². The SMILES string of the molecule is CCN(C(=O)OCC1c2ccccc2-c2ccccc21)C1(C(=O)O)CCCCC1c1ccccc1. The van der Waals surface area contributed by atoms with E-state index in [2.05, 4.69) is 24.3 Å². The summed E-state index contributed by atoms with van der Waals surface area (Å²) in [5, 5.41) is 10.6. The molecule has 0 aliphatic heterocycles. The molecule has 0 saturated heterocycles. The average Bonchev–Trinajstić information content (AvgIpc) is 3.22. The zero-order chi connectivity index (χ0) is 24.4. The van der Waals surface area contributed by atoms with E-state index in [1.165, 1.54) is 4.90 Å². The lowest BCUT2D eigenvalue weighted by Crippen LogP contribution is -2.61. The minimum Gasteiger partial charge on any atom is -0.479 e. The molecule has 1 saturated carbocycles. The fraction of sp³-hybridized carbons (Fsp3) is 0.333. The summed E-state index contributed by atoms with van der Waals surface area (Å²) in [5.74, 6) is -1.31. The molecule has 0 radical (unpaired) electrons. The smallest absolute Gasteiger partial charge is 0.410 e. The lowest BCUT2D eigenvalue weighted by molar-refractivity contribution is -0.154. The summed E-state index contributed by atoms with van der Waals surface area (Å²) < 4.78 is 5.93. The van der Waals surface area contributed by atoms with Gasteiger partial charge in [-0.2, -0.15) is 0 Å². The highest BCUT2D eigenvalue weighted by molar-refractivity contribution is 5.86. The van der Waals surface area contributed by atoms with Crippen LogP contribution in [-0.4, -0.2) is 40.8 Å². The first kappa shape index (κ1) is 23.2. The lowest BCUT2D eigenvalue weighted by atomic mass is 9.68. The molecule has 1 amide bonds. The van der Waals surface area contributed by atoms with Crippen LogP contribution in [0.2, 0.25) is 0 Å². The Kier molecular flexibility index (Phi) is 6.33. The molecule has 0 spiro atoms. The van der Waals surface area contributed by atoms with Crippen molar-refractivity contribution in [2.24, 2.45) is 0 Å². The molecule has 3 aromatic carbocycles. The molecule has 0 aromatic heterocycles. The van der Waals surface area contributed by atoms with E-state index in [1.807, 2.05) is 61.5 Å². The summed E-state index contributed by atoms with van der Waals surface area (Å²) >= 11 is 0. The van der Waals surface area contributed by atoms with Crippen molar-refractivity contribution in [3.05, 3.63) is 95.6 Å². The minimum atomic E-state index is -1.32. The van der Waals surface area contributed by atoms with Gasteiger partial charge in [0.05, 0.1) is 0 Å². The fourth-order valence-electron chi connectivity index (χ4n) is 6.22. The van der Waals surface area contributed by atoms with Crippen molar-refractivity contribution in [2.75, 3.05) is 13.2 Å². The Morgan fingerprint density at radius 3 is 2.11 bits per heavy atom. The molecule has 5 nitrogen and oxygen atoms in total. The molecule has 1 N–H and O–H groups in total. The van der Waals surface area contributed by atoms with Crippen molar-refractivity contribution in [1.29, 1.82) is 0 Å². The van der Waals surface area contributed by atoms with Crippen molar-refractivity contribution >= 4 is 12.1 Å². The third-order valence-electron chi connectivity index (χ3n) is 7.80. The van der Waals surface area contributed by atoms with Crippen LogP contribution in [0, 0.1) is 0 Å². The molecule has 35 heavy (non-hydrogen) atoms. The Morgan fingerprint density at radius 1 is 0.914 bits per heavy atom. The van der Waals surface area contributed by atoms with Gasteiger partial charge >= 0.3 is 12.1 Å². The number of likely N-dealkylation sites (N-methyl/N-ethyl adjacent to an activating group) is 1. The molecule has 5 rings (SSSR count). The lowest BCUT2D eigenvalue weighted by Gasteiger charge is -2.47. The number of benzene rings is 3. The number of carboxylic acid groups (broad SMARTS) is 1. The van der Waals surface area contributed by atoms with Gasteiger partial charge in [0, 0.05) is 18.4 Å². The number of fused-ring (bicyclic) bond motifs is 3. The number of carbonyl (C=O) groups excluding carboxylic acids is 1. The van der Waals surface area contributed by atoms with Gasteiger partial charge in [0.1, 0.15) is 12.1 Å². The number of carbonyl (C=O) groups is 2. The number of hydrogen-bond donors (Lipinski definition) is 1. The number of hydrogen-bond acceptors (Lipinski definition) is 3. The highest BCUT2D eigenvalue weighted by atomic mass is 16.6. The second-order valence-corrected chi connectivity index (χ2v) is 9.49. The molecular weight excluding hydrogens is 438 g/mol. The number of carboxylic acids is 1. The predicted octanol–water partition coefficient (Wildman–Crippen LogP) is 6.44. The second kappa shape index (κ2) is 9.57. The van der Waals surface area contributed by atoms with Gasteiger partial charge in [0.25, 0.3) is 0 Å². The van der Waals surface area contributed by atoms with Crippen molar-refractivity contribution in [3.8, 4) is 11.1 Å². The van der Waals surface area contributed by atoms with E-state index in [1.54, 1.807) is 0 Å². The molecule has 0 heterocycles. The Bertz CT molecular complexity index is 1180. The van der Waals surface area contributed by atoms with Crippen LogP contribution in [0.15, 0.2) is 78.9 Å². The second-order valence-electron chi connectivity index (χ2n) is 9.49. The summed E-state index contributed by atoms with van der Waals surface area (Å²) in [6.07, 6.45) is 2.29. The summed E-state index contributed by atoms with van der Waals surface area (Å²) in [7, 11) is 0. The highest BCUT2D eigenvalue weighted by Crippen LogP contribution is 2.47. The summed E-state index contributed by atoms with van der Waals surface area (Å²) in [6, 6.07) is 26.1. The topological polar surface area (TPSA) is 66.8 Å². The summed E-state index contributed by atoms with van der Waals surface area (Å²) in [6.45, 7) is 2.28. The molecule has 5 heteroatoms. The van der Waals surface area contributed by atoms with Crippen LogP contribution in [-0.2, 0) is 9.53 Å². The minimum absolute atomic E-state index is 0.0675. The van der Waals surface area contributed by atoms with Crippen LogP contribution < -0.4 is 0 Å². The van der Waals surface area contributed by atoms with Gasteiger partial charge in [0.15, 0.2) is 0 Å². The number of amides is 1. The zero-order valence-electron chi connectivity index (χ0n) is 20.0. The van der Waals surface area contributed by atoms with Gasteiger partial charge in [-0.15, -0.1) is 0 Å². The predicted molar refractivity (Wildman–Crippen MR) is 135 cm³/mol. The van der Waals surface area contributed by atoms with Crippen LogP contribution in [0.5, 0.6) is 0 Å². The van der Waals surface area contributed by atoms with E-state index >= 15 is 0 Å². The molecule has 2 aliphatic carbocycles. The van der Waals surface area contributed by atoms with E-state index in [4.69, 9.17) is 4.74 Å². The Morgan fingerprint density at radius 2 is 1.51 bits per heavy atom. The molecule has 2 atom stereocenters. The maximum atomic E-state index is 13.6. The molecule has 180 valence electrons. The van der Waals surface area contributed by atoms with Gasteiger partial charge < -0.3 is 9.84 Å². The maximum absolute atomic E-state index is 13.6. The van der Waals surface area contributed by atoms with Crippen molar-refractivity contribution in [3.63, 3.8) is 0 Å². The number of ether oxygens (including phenoxy) is 1. The maximum Gasteiger partial charge on any atom is 0.410 e. The Balaban J connectivity index is 1.43. The van der Waals surface area contributed by atoms with Gasteiger partial charge in [-0.1, -0.05) is 91.7 Å². The standard InChI is InChI=1S/C30H31NO4/c1-2-31(30(28(32)33)19-11-10-18-27(30)21-12-4-3-5-13-21)29(34)35-20-26-24-16-8-6-14-22(24)23-15-7-9-17-25(23)26/h3-9,12-17,26-27H,2,10-11,18-20H2,1H3,(H,32,33). The van der Waals surface area contributed by atoms with E-state index in [0.717, 1.165) is 47.1 Å². The van der Waals surface area contributed by atoms with Crippen molar-refractivity contribution < 1.29 is 19.4 Å². The first-order chi connectivity index (χ1) is 17.1. The summed E-state index contributed by atoms with van der Waals surface area (Å²) in [4.78, 5) is 28.0. The van der Waals surface area contributed by atoms with Crippen LogP contribution in [0.1, 0.15) is 61.1 Å². The zero-order valence-corrected chi connectivity index (χ0v) is 20.0. The van der Waals surface area contributed by atoms with Gasteiger partial charge in [-0.3, -0.25) is 4.90 Å². The normalized spacial score (nSPS) is 21.1. The first-order valence-electron chi connectivity index (χ1n) is 12.5. The Hall–Kier alpha value is -3.60. The Labute approximate surface area is 206 Å². The quantitative estimate of drug-likeness (QED) is 0.451. The third-order valence-corrected chi connectivity index (χ3v) is 7.80. The average molecular weight is 470 g/mol. The fourth-order valence-corrected chi connectivity index (χ4v) is 6.22. The van der Waals surface area contributed by atoms with E-state index in [9.17, 15) is 14.7 Å². The molecule has 0 bridgehead atoms. The third kappa shape index (κ3) is 3.89. The van der Waals surface area contributed by atoms with E-state index < -0.39 is 17.6 Å². The van der Waals surface area contributed by atoms with Gasteiger partial charge in [-0.25, -0.2) is 9.59 Å². The van der Waals surface area contributed by atoms with Crippen molar-refractivity contribution in [1.82, 2.24) is 4.90 Å². The molecule has 3 aromatic rings. The molecule has 1 fully saturated rings. The number of aliphatic carboxylic acids is 1. The van der Waals surface area contributed by atoms with Gasteiger partial charge in [-0.05, 0) is 47.6 Å². The van der Waals surface area contributed by atoms with Crippen LogP contribution >= 0.6 is 0 Å². The monoisotopic (exact) mass is 469 g/mol. The number of rotatable bonds is 6. The first-order valence-corrected chi connectivity index (χ1v) is 12.5. The molecule has 2 aliphatic rings. The van der Waals surface area contributed by atoms with Gasteiger partial charge in [0.2, 0.25) is 0 Å².